The van der Waals surface area contributed by atoms with Crippen molar-refractivity contribution in [3.05, 3.63) is 89.5 Å². The van der Waals surface area contributed by atoms with Gasteiger partial charge in [-0.3, -0.25) is 0 Å². The van der Waals surface area contributed by atoms with Crippen LogP contribution in [-0.2, 0) is 0 Å². The van der Waals surface area contributed by atoms with Gasteiger partial charge in [-0.15, -0.1) is 0 Å². The summed E-state index contributed by atoms with van der Waals surface area (Å²) >= 11 is 0. The number of hydrogen-bond donors (Lipinski definition) is 1. The van der Waals surface area contributed by atoms with E-state index in [9.17, 15) is 0 Å². The van der Waals surface area contributed by atoms with Gasteiger partial charge >= 0.3 is 0 Å². The number of nitrogens with zero attached hydrogens (tertiary/aromatic N) is 1. The van der Waals surface area contributed by atoms with Gasteiger partial charge < -0.3 is 10.2 Å². The smallest absolute Gasteiger partial charge is 0.130 e. The van der Waals surface area contributed by atoms with Crippen LogP contribution in [0.15, 0.2) is 72.8 Å². The van der Waals surface area contributed by atoms with E-state index in [4.69, 9.17) is 0 Å². The van der Waals surface area contributed by atoms with E-state index in [1.165, 1.54) is 33.8 Å². The topological polar surface area (TPSA) is 15.3 Å². The van der Waals surface area contributed by atoms with E-state index < -0.39 is 0 Å². The molecule has 1 aliphatic rings. The molecule has 0 saturated heterocycles. The lowest BCUT2D eigenvalue weighted by molar-refractivity contribution is 0.822. The lowest BCUT2D eigenvalue weighted by atomic mass is 10.1. The molecule has 0 saturated carbocycles. The Morgan fingerprint density at radius 3 is 2.13 bits per heavy atom. The van der Waals surface area contributed by atoms with Crippen LogP contribution in [0.2, 0.25) is 0 Å². The minimum atomic E-state index is 0.119. The quantitative estimate of drug-likeness (QED) is 0.666. The number of anilines is 3. The summed E-state index contributed by atoms with van der Waals surface area (Å²) in [6.45, 7) is 4.37. The van der Waals surface area contributed by atoms with Crippen molar-refractivity contribution in [1.29, 1.82) is 0 Å². The van der Waals surface area contributed by atoms with Gasteiger partial charge in [-0.25, -0.2) is 0 Å². The van der Waals surface area contributed by atoms with Crippen molar-refractivity contribution in [3.8, 4) is 0 Å². The number of aryl methyl sites for hydroxylation is 2. The molecule has 3 aromatic rings. The lowest BCUT2D eigenvalue weighted by Gasteiger charge is -2.30. The fourth-order valence-corrected chi connectivity index (χ4v) is 3.46. The first-order chi connectivity index (χ1) is 11.3. The highest BCUT2D eigenvalue weighted by molar-refractivity contribution is 5.85. The number of fused-ring (bicyclic) bond motifs is 1. The monoisotopic (exact) mass is 300 g/mol. The van der Waals surface area contributed by atoms with Gasteiger partial charge in [0.15, 0.2) is 0 Å². The van der Waals surface area contributed by atoms with Crippen LogP contribution in [0.1, 0.15) is 22.9 Å². The van der Waals surface area contributed by atoms with Gasteiger partial charge in [0.05, 0.1) is 11.4 Å². The van der Waals surface area contributed by atoms with Crippen LogP contribution in [-0.4, -0.2) is 0 Å². The molecule has 2 nitrogen and oxygen atoms in total. The maximum Gasteiger partial charge on any atom is 0.130 e. The molecule has 0 amide bonds. The first kappa shape index (κ1) is 13.9. The van der Waals surface area contributed by atoms with Crippen LogP contribution >= 0.6 is 0 Å². The fourth-order valence-electron chi connectivity index (χ4n) is 3.46. The Hall–Kier alpha value is -2.74. The summed E-state index contributed by atoms with van der Waals surface area (Å²) in [4.78, 5) is 2.43. The minimum Gasteiger partial charge on any atom is -0.359 e. The zero-order valence-corrected chi connectivity index (χ0v) is 13.5. The molecular formula is C21H20N2. The molecule has 3 aromatic carbocycles. The van der Waals surface area contributed by atoms with Gasteiger partial charge in [0, 0.05) is 5.69 Å². The Kier molecular flexibility index (Phi) is 3.30. The molecule has 1 atom stereocenters. The fraction of sp³-hybridized carbons (Fsp3) is 0.143. The minimum absolute atomic E-state index is 0.119. The average molecular weight is 300 g/mol. The predicted molar refractivity (Wildman–Crippen MR) is 97.3 cm³/mol. The van der Waals surface area contributed by atoms with Crippen LogP contribution in [0.3, 0.4) is 0 Å². The number of nitrogens with one attached hydrogen (secondary N) is 1. The zero-order valence-electron chi connectivity index (χ0n) is 13.5. The van der Waals surface area contributed by atoms with E-state index in [1.54, 1.807) is 0 Å². The second-order valence-electron chi connectivity index (χ2n) is 6.09. The van der Waals surface area contributed by atoms with Crippen LogP contribution in [0.25, 0.3) is 0 Å². The Labute approximate surface area is 137 Å². The molecular weight excluding hydrogens is 280 g/mol. The normalized spacial score (nSPS) is 16.1. The predicted octanol–water partition coefficient (Wildman–Crippen LogP) is 5.57. The highest BCUT2D eigenvalue weighted by Crippen LogP contribution is 2.47. The average Bonchev–Trinajstić information content (AvgIpc) is 2.95. The second kappa shape index (κ2) is 5.47. The SMILES string of the molecule is Cc1cccc(C)c1N1c2ccccc2NC1c1ccccc1. The first-order valence-electron chi connectivity index (χ1n) is 8.01. The van der Waals surface area contributed by atoms with Gasteiger partial charge in [-0.2, -0.15) is 0 Å². The first-order valence-corrected chi connectivity index (χ1v) is 8.01. The van der Waals surface area contributed by atoms with Crippen molar-refractivity contribution in [2.24, 2.45) is 0 Å². The molecule has 0 spiro atoms. The van der Waals surface area contributed by atoms with Crippen LogP contribution in [0, 0.1) is 13.8 Å². The van der Waals surface area contributed by atoms with Crippen molar-refractivity contribution < 1.29 is 0 Å². The van der Waals surface area contributed by atoms with Crippen LogP contribution in [0.5, 0.6) is 0 Å². The lowest BCUT2D eigenvalue weighted by Crippen LogP contribution is -2.24. The van der Waals surface area contributed by atoms with Crippen molar-refractivity contribution in [3.63, 3.8) is 0 Å². The zero-order chi connectivity index (χ0) is 15.8. The summed E-state index contributed by atoms with van der Waals surface area (Å²) in [6, 6.07) is 25.7. The van der Waals surface area contributed by atoms with Gasteiger partial charge in [-0.05, 0) is 42.7 Å². The number of rotatable bonds is 2. The van der Waals surface area contributed by atoms with Crippen molar-refractivity contribution in [2.75, 3.05) is 10.2 Å². The van der Waals surface area contributed by atoms with E-state index in [0.29, 0.717) is 0 Å². The van der Waals surface area contributed by atoms with E-state index in [1.807, 2.05) is 0 Å². The Morgan fingerprint density at radius 1 is 0.739 bits per heavy atom. The molecule has 0 bridgehead atoms. The molecule has 1 heterocycles. The molecule has 1 aliphatic heterocycles. The summed E-state index contributed by atoms with van der Waals surface area (Å²) < 4.78 is 0. The molecule has 1 N–H and O–H groups in total. The van der Waals surface area contributed by atoms with E-state index in [-0.39, 0.29) is 6.17 Å². The highest BCUT2D eigenvalue weighted by atomic mass is 15.3. The molecule has 23 heavy (non-hydrogen) atoms. The summed E-state index contributed by atoms with van der Waals surface area (Å²) in [5.74, 6) is 0. The number of hydrogen-bond acceptors (Lipinski definition) is 2. The molecule has 114 valence electrons. The van der Waals surface area contributed by atoms with E-state index in [2.05, 4.69) is 96.9 Å². The maximum absolute atomic E-state index is 3.68. The molecule has 2 heteroatoms. The largest absolute Gasteiger partial charge is 0.359 e. The van der Waals surface area contributed by atoms with Gasteiger partial charge in [-0.1, -0.05) is 60.7 Å². The third kappa shape index (κ3) is 2.27. The van der Waals surface area contributed by atoms with Crippen LogP contribution in [0.4, 0.5) is 17.1 Å². The van der Waals surface area contributed by atoms with E-state index >= 15 is 0 Å². The molecule has 1 unspecified atom stereocenters. The molecule has 0 aromatic heterocycles. The summed E-state index contributed by atoms with van der Waals surface area (Å²) in [5, 5.41) is 3.68. The highest BCUT2D eigenvalue weighted by Gasteiger charge is 2.32. The Morgan fingerprint density at radius 2 is 1.39 bits per heavy atom. The van der Waals surface area contributed by atoms with Gasteiger partial charge in [0.25, 0.3) is 0 Å². The van der Waals surface area contributed by atoms with E-state index in [0.717, 1.165) is 0 Å². The van der Waals surface area contributed by atoms with Crippen molar-refractivity contribution >= 4 is 17.1 Å². The molecule has 4 rings (SSSR count). The van der Waals surface area contributed by atoms with Gasteiger partial charge in [0.2, 0.25) is 0 Å². The molecule has 0 aliphatic carbocycles. The maximum atomic E-state index is 3.68. The summed E-state index contributed by atoms with van der Waals surface area (Å²) in [6.07, 6.45) is 0.119. The number of benzene rings is 3. The Bertz CT molecular complexity index is 819. The summed E-state index contributed by atoms with van der Waals surface area (Å²) in [5.41, 5.74) is 7.57. The van der Waals surface area contributed by atoms with Crippen molar-refractivity contribution in [1.82, 2.24) is 0 Å². The molecule has 0 radical (unpaired) electrons. The third-order valence-corrected chi connectivity index (χ3v) is 4.51. The third-order valence-electron chi connectivity index (χ3n) is 4.51. The Balaban J connectivity index is 1.92. The van der Waals surface area contributed by atoms with Crippen molar-refractivity contribution in [2.45, 2.75) is 20.0 Å². The van der Waals surface area contributed by atoms with Crippen LogP contribution < -0.4 is 10.2 Å². The summed E-state index contributed by atoms with van der Waals surface area (Å²) in [7, 11) is 0. The molecule has 0 fully saturated rings. The second-order valence-corrected chi connectivity index (χ2v) is 6.09. The number of para-hydroxylation sites is 3. The standard InChI is InChI=1S/C21H20N2/c1-15-9-8-10-16(2)20(15)23-19-14-7-6-13-18(19)22-21(23)17-11-4-3-5-12-17/h3-14,21-22H,1-2H3. The van der Waals surface area contributed by atoms with Gasteiger partial charge in [0.1, 0.15) is 6.17 Å².